The second kappa shape index (κ2) is 12.9. The number of anilines is 1. The van der Waals surface area contributed by atoms with Crippen molar-refractivity contribution in [2.45, 2.75) is 74.5 Å². The molecule has 8 nitrogen and oxygen atoms in total. The zero-order valence-corrected chi connectivity index (χ0v) is 25.0. The first-order valence-electron chi connectivity index (χ1n) is 15.5. The van der Waals surface area contributed by atoms with E-state index in [1.54, 1.807) is 11.8 Å². The molecule has 3 heterocycles. The van der Waals surface area contributed by atoms with Crippen LogP contribution in [0.15, 0.2) is 48.5 Å². The molecule has 9 heteroatoms. The second-order valence-corrected chi connectivity index (χ2v) is 13.4. The van der Waals surface area contributed by atoms with Crippen LogP contribution in [0.1, 0.15) is 74.9 Å². The standard InChI is InChI=1S/C33H41N5O3S.H2/c34-21-25-11-4-6-12-27(25)32-38(22-23-8-2-1-3-9-23)31(40)29(42-32)20-30(39)36-17-15-26(16-18-36)37-19-14-24-10-5-7-13-28(24)35-33(37)41;/h4-7,10-13,21,23,26,29,32,34H,1-3,8-9,14-20,22H2,(H,35,41);1H. The molecule has 0 spiro atoms. The number of hydrogen-bond acceptors (Lipinski definition) is 5. The van der Waals surface area contributed by atoms with Crippen LogP contribution in [0, 0.1) is 11.3 Å². The van der Waals surface area contributed by atoms with Crippen LogP contribution in [-0.4, -0.2) is 76.2 Å². The summed E-state index contributed by atoms with van der Waals surface area (Å²) in [4.78, 5) is 46.2. The molecule has 2 atom stereocenters. The van der Waals surface area contributed by atoms with Gasteiger partial charge in [0.2, 0.25) is 11.8 Å². The molecule has 42 heavy (non-hydrogen) atoms. The van der Waals surface area contributed by atoms with Crippen LogP contribution < -0.4 is 5.32 Å². The van der Waals surface area contributed by atoms with Gasteiger partial charge in [0.15, 0.2) is 0 Å². The fourth-order valence-corrected chi connectivity index (χ4v) is 8.62. The summed E-state index contributed by atoms with van der Waals surface area (Å²) in [5, 5.41) is 10.4. The molecule has 2 unspecified atom stereocenters. The number of nitrogens with zero attached hydrogens (tertiary/aromatic N) is 3. The molecule has 0 radical (unpaired) electrons. The minimum atomic E-state index is -0.419. The van der Waals surface area contributed by atoms with Gasteiger partial charge in [0.1, 0.15) is 5.37 Å². The van der Waals surface area contributed by atoms with E-state index < -0.39 is 5.25 Å². The van der Waals surface area contributed by atoms with Crippen molar-refractivity contribution >= 4 is 41.5 Å². The van der Waals surface area contributed by atoms with Crippen LogP contribution in [0.2, 0.25) is 0 Å². The maximum Gasteiger partial charge on any atom is 0.322 e. The van der Waals surface area contributed by atoms with Crippen molar-refractivity contribution in [3.05, 3.63) is 65.2 Å². The van der Waals surface area contributed by atoms with Crippen molar-refractivity contribution < 1.29 is 15.8 Å². The summed E-state index contributed by atoms with van der Waals surface area (Å²) < 4.78 is 0. The first kappa shape index (κ1) is 28.8. The lowest BCUT2D eigenvalue weighted by molar-refractivity contribution is -0.137. The molecule has 3 fully saturated rings. The molecule has 2 aromatic rings. The highest BCUT2D eigenvalue weighted by atomic mass is 32.2. The maximum absolute atomic E-state index is 13.8. The zero-order chi connectivity index (χ0) is 29.1. The lowest BCUT2D eigenvalue weighted by atomic mass is 9.88. The number of urea groups is 1. The van der Waals surface area contributed by atoms with E-state index in [2.05, 4.69) is 11.4 Å². The van der Waals surface area contributed by atoms with Crippen LogP contribution in [-0.2, 0) is 16.0 Å². The quantitative estimate of drug-likeness (QED) is 0.392. The van der Waals surface area contributed by atoms with E-state index in [4.69, 9.17) is 5.41 Å². The highest BCUT2D eigenvalue weighted by Gasteiger charge is 2.44. The maximum atomic E-state index is 13.8. The Morgan fingerprint density at radius 2 is 1.71 bits per heavy atom. The number of thioether (sulfide) groups is 1. The number of piperidine rings is 1. The van der Waals surface area contributed by atoms with Crippen LogP contribution in [0.5, 0.6) is 0 Å². The van der Waals surface area contributed by atoms with Crippen LogP contribution in [0.25, 0.3) is 0 Å². The van der Waals surface area contributed by atoms with Gasteiger partial charge in [-0.3, -0.25) is 9.59 Å². The van der Waals surface area contributed by atoms with Crippen LogP contribution in [0.4, 0.5) is 10.5 Å². The van der Waals surface area contributed by atoms with Crippen molar-refractivity contribution in [1.82, 2.24) is 14.7 Å². The average molecular weight is 590 g/mol. The highest BCUT2D eigenvalue weighted by molar-refractivity contribution is 8.01. The Hall–Kier alpha value is -3.33. The minimum Gasteiger partial charge on any atom is -0.342 e. The van der Waals surface area contributed by atoms with E-state index in [0.717, 1.165) is 61.0 Å². The smallest absolute Gasteiger partial charge is 0.322 e. The first-order valence-corrected chi connectivity index (χ1v) is 16.4. The van der Waals surface area contributed by atoms with Gasteiger partial charge in [-0.1, -0.05) is 61.7 Å². The summed E-state index contributed by atoms with van der Waals surface area (Å²) in [5.41, 5.74) is 3.84. The number of carbonyl (C=O) groups is 3. The van der Waals surface area contributed by atoms with Gasteiger partial charge in [-0.2, -0.15) is 0 Å². The van der Waals surface area contributed by atoms with Gasteiger partial charge >= 0.3 is 6.03 Å². The number of hydrogen-bond donors (Lipinski definition) is 2. The van der Waals surface area contributed by atoms with E-state index in [9.17, 15) is 14.4 Å². The van der Waals surface area contributed by atoms with E-state index in [0.29, 0.717) is 25.6 Å². The van der Waals surface area contributed by atoms with E-state index in [1.165, 1.54) is 25.5 Å². The van der Waals surface area contributed by atoms with Gasteiger partial charge in [0.25, 0.3) is 0 Å². The number of nitrogens with one attached hydrogen (secondary N) is 2. The fraction of sp³-hybridized carbons (Fsp3) is 0.515. The van der Waals surface area contributed by atoms with Gasteiger partial charge in [0, 0.05) is 52.0 Å². The summed E-state index contributed by atoms with van der Waals surface area (Å²) in [7, 11) is 0. The molecule has 4 amide bonds. The molecule has 3 aliphatic heterocycles. The number of carbonyl (C=O) groups excluding carboxylic acids is 3. The lowest BCUT2D eigenvalue weighted by Gasteiger charge is -2.38. The lowest BCUT2D eigenvalue weighted by Crippen LogP contribution is -2.50. The SMILES string of the molecule is N=Cc1ccccc1C1SC(CC(=O)N2CCC(N3CCc4ccccc4NC3=O)CC2)C(=O)N1CC1CCCCC1.[HH]. The topological polar surface area (TPSA) is 96.8 Å². The summed E-state index contributed by atoms with van der Waals surface area (Å²) in [6, 6.07) is 15.8. The molecule has 0 bridgehead atoms. The van der Waals surface area contributed by atoms with Gasteiger partial charge in [-0.15, -0.1) is 11.8 Å². The molecule has 2 N–H and O–H groups in total. The zero-order valence-electron chi connectivity index (χ0n) is 24.2. The second-order valence-electron chi connectivity index (χ2n) is 12.1. The van der Waals surface area contributed by atoms with Gasteiger partial charge < -0.3 is 25.4 Å². The Morgan fingerprint density at radius 3 is 2.50 bits per heavy atom. The molecule has 1 saturated carbocycles. The molecule has 6 rings (SSSR count). The Balaban J connectivity index is 0.00000368. The third kappa shape index (κ3) is 6.07. The molecule has 2 aromatic carbocycles. The monoisotopic (exact) mass is 589 g/mol. The third-order valence-electron chi connectivity index (χ3n) is 9.49. The Kier molecular flexibility index (Phi) is 8.84. The predicted molar refractivity (Wildman–Crippen MR) is 169 cm³/mol. The minimum absolute atomic E-state index is 0. The van der Waals surface area contributed by atoms with Crippen molar-refractivity contribution in [3.63, 3.8) is 0 Å². The number of fused-ring (bicyclic) bond motifs is 1. The van der Waals surface area contributed by atoms with Crippen LogP contribution in [0.3, 0.4) is 0 Å². The summed E-state index contributed by atoms with van der Waals surface area (Å²) in [6.45, 7) is 2.58. The van der Waals surface area contributed by atoms with Crippen molar-refractivity contribution in [3.8, 4) is 0 Å². The summed E-state index contributed by atoms with van der Waals surface area (Å²) in [5.74, 6) is 0.570. The number of rotatable bonds is 7. The third-order valence-corrected chi connectivity index (χ3v) is 11.0. The summed E-state index contributed by atoms with van der Waals surface area (Å²) in [6.07, 6.45) is 9.84. The fourth-order valence-electron chi connectivity index (χ4n) is 7.12. The molecule has 0 aromatic heterocycles. The molecular weight excluding hydrogens is 546 g/mol. The largest absolute Gasteiger partial charge is 0.342 e. The summed E-state index contributed by atoms with van der Waals surface area (Å²) >= 11 is 1.57. The van der Waals surface area contributed by atoms with E-state index in [1.807, 2.05) is 57.2 Å². The van der Waals surface area contributed by atoms with Gasteiger partial charge in [-0.25, -0.2) is 4.79 Å². The highest BCUT2D eigenvalue weighted by Crippen LogP contribution is 2.46. The molecular formula is C33H43N5O3S. The van der Waals surface area contributed by atoms with E-state index >= 15 is 0 Å². The number of likely N-dealkylation sites (tertiary alicyclic amines) is 1. The van der Waals surface area contributed by atoms with Gasteiger partial charge in [-0.05, 0) is 60.8 Å². The molecule has 2 saturated heterocycles. The Labute approximate surface area is 254 Å². The Bertz CT molecular complexity index is 1330. The van der Waals surface area contributed by atoms with Crippen molar-refractivity contribution in [1.29, 1.82) is 5.41 Å². The molecule has 1 aliphatic carbocycles. The van der Waals surface area contributed by atoms with Crippen molar-refractivity contribution in [2.75, 3.05) is 31.5 Å². The number of para-hydroxylation sites is 1. The Morgan fingerprint density at radius 1 is 0.976 bits per heavy atom. The molecule has 4 aliphatic rings. The average Bonchev–Trinajstić information content (AvgIpc) is 3.21. The number of benzene rings is 2. The number of amides is 4. The van der Waals surface area contributed by atoms with Crippen LogP contribution >= 0.6 is 11.8 Å². The first-order chi connectivity index (χ1) is 20.5. The molecule has 224 valence electrons. The normalized spacial score (nSPS) is 23.9. The van der Waals surface area contributed by atoms with Gasteiger partial charge in [0.05, 0.1) is 5.25 Å². The predicted octanol–water partition coefficient (Wildman–Crippen LogP) is 5.92. The van der Waals surface area contributed by atoms with E-state index in [-0.39, 0.29) is 37.1 Å². The van der Waals surface area contributed by atoms with Crippen molar-refractivity contribution in [2.24, 2.45) is 5.92 Å².